The number of ether oxygens (including phenoxy) is 1. The van der Waals surface area contributed by atoms with E-state index in [2.05, 4.69) is 15.8 Å². The van der Waals surface area contributed by atoms with Crippen molar-refractivity contribution in [1.82, 2.24) is 10.7 Å². The van der Waals surface area contributed by atoms with Crippen LogP contribution >= 0.6 is 0 Å². The highest BCUT2D eigenvalue weighted by Gasteiger charge is 2.40. The van der Waals surface area contributed by atoms with Crippen molar-refractivity contribution >= 4 is 23.7 Å². The van der Waals surface area contributed by atoms with Crippen molar-refractivity contribution in [3.05, 3.63) is 63.7 Å². The van der Waals surface area contributed by atoms with Gasteiger partial charge in [0.2, 0.25) is 5.91 Å². The molecule has 2 atom stereocenters. The van der Waals surface area contributed by atoms with Gasteiger partial charge in [0.05, 0.1) is 24.3 Å². The Morgan fingerprint density at radius 1 is 1.38 bits per heavy atom. The summed E-state index contributed by atoms with van der Waals surface area (Å²) in [7, 11) is 1.25. The number of hydrazone groups is 1. The molecule has 150 valence electrons. The molecule has 1 aliphatic heterocycles. The van der Waals surface area contributed by atoms with Crippen molar-refractivity contribution in [2.45, 2.75) is 5.92 Å². The number of methoxy groups -OCH3 is 1. The molecule has 2 aromatic carbocycles. The summed E-state index contributed by atoms with van der Waals surface area (Å²) in [5.74, 6) is -2.82. The Hall–Kier alpha value is -3.95. The highest BCUT2D eigenvalue weighted by molar-refractivity contribution is 6.03. The number of hydrogen-bond donors (Lipinski definition) is 3. The van der Waals surface area contributed by atoms with Crippen molar-refractivity contribution < 1.29 is 24.4 Å². The SMILES string of the molecule is COc1cc([N+](=O)[O-])cc(C=NNC(=O)[C@@H]2C(=O)NC[C@H]2c2ccccc2)c1O. The number of amides is 2. The number of nitrogens with zero attached hydrogens (tertiary/aromatic N) is 2. The zero-order valence-electron chi connectivity index (χ0n) is 15.4. The molecule has 1 saturated heterocycles. The van der Waals surface area contributed by atoms with Crippen LogP contribution in [0.5, 0.6) is 11.5 Å². The summed E-state index contributed by atoms with van der Waals surface area (Å²) in [5, 5.41) is 27.5. The third-order valence-corrected chi connectivity index (χ3v) is 4.59. The predicted octanol–water partition coefficient (Wildman–Crippen LogP) is 1.29. The Balaban J connectivity index is 1.78. The quantitative estimate of drug-likeness (QED) is 0.290. The Kier molecular flexibility index (Phi) is 5.72. The molecule has 0 bridgehead atoms. The van der Waals surface area contributed by atoms with Crippen LogP contribution in [0.4, 0.5) is 5.69 Å². The van der Waals surface area contributed by atoms with Crippen molar-refractivity contribution in [1.29, 1.82) is 0 Å². The zero-order valence-corrected chi connectivity index (χ0v) is 15.4. The molecule has 29 heavy (non-hydrogen) atoms. The molecule has 0 saturated carbocycles. The number of phenols is 1. The third kappa shape index (κ3) is 4.15. The largest absolute Gasteiger partial charge is 0.504 e. The number of nitro benzene ring substituents is 1. The second kappa shape index (κ2) is 8.38. The fourth-order valence-corrected chi connectivity index (χ4v) is 3.14. The number of rotatable bonds is 6. The van der Waals surface area contributed by atoms with Gasteiger partial charge in [-0.25, -0.2) is 5.43 Å². The van der Waals surface area contributed by atoms with Gasteiger partial charge in [-0.2, -0.15) is 5.10 Å². The van der Waals surface area contributed by atoms with Crippen molar-refractivity contribution in [3.8, 4) is 11.5 Å². The van der Waals surface area contributed by atoms with Crippen LogP contribution in [0, 0.1) is 16.0 Å². The molecule has 1 heterocycles. The van der Waals surface area contributed by atoms with E-state index < -0.39 is 22.7 Å². The topological polar surface area (TPSA) is 143 Å². The van der Waals surface area contributed by atoms with E-state index in [4.69, 9.17) is 4.74 Å². The van der Waals surface area contributed by atoms with Crippen LogP contribution < -0.4 is 15.5 Å². The first-order valence-electron chi connectivity index (χ1n) is 8.63. The first-order chi connectivity index (χ1) is 13.9. The molecule has 0 aromatic heterocycles. The lowest BCUT2D eigenvalue weighted by molar-refractivity contribution is -0.385. The maximum atomic E-state index is 12.5. The van der Waals surface area contributed by atoms with Gasteiger partial charge in [-0.1, -0.05) is 30.3 Å². The molecule has 1 aliphatic rings. The van der Waals surface area contributed by atoms with E-state index in [0.717, 1.165) is 23.9 Å². The average molecular weight is 398 g/mol. The molecule has 2 amide bonds. The van der Waals surface area contributed by atoms with Crippen LogP contribution in [0.1, 0.15) is 17.0 Å². The summed E-state index contributed by atoms with van der Waals surface area (Å²) in [5.41, 5.74) is 2.77. The van der Waals surface area contributed by atoms with Crippen LogP contribution in [-0.4, -0.2) is 41.7 Å². The summed E-state index contributed by atoms with van der Waals surface area (Å²) in [6.07, 6.45) is 1.05. The van der Waals surface area contributed by atoms with Gasteiger partial charge in [0.1, 0.15) is 5.92 Å². The first kappa shape index (κ1) is 19.8. The monoisotopic (exact) mass is 398 g/mol. The second-order valence-electron chi connectivity index (χ2n) is 6.32. The maximum Gasteiger partial charge on any atom is 0.274 e. The number of carbonyl (C=O) groups excluding carboxylic acids is 2. The number of benzene rings is 2. The number of nitro groups is 1. The fourth-order valence-electron chi connectivity index (χ4n) is 3.14. The lowest BCUT2D eigenvalue weighted by Crippen LogP contribution is -2.34. The smallest absolute Gasteiger partial charge is 0.274 e. The molecular formula is C19H18N4O6. The Labute approximate surface area is 165 Å². The first-order valence-corrected chi connectivity index (χ1v) is 8.63. The van der Waals surface area contributed by atoms with Crippen LogP contribution in [0.3, 0.4) is 0 Å². The van der Waals surface area contributed by atoms with Gasteiger partial charge < -0.3 is 15.2 Å². The molecular weight excluding hydrogens is 380 g/mol. The van der Waals surface area contributed by atoms with E-state index >= 15 is 0 Å². The normalized spacial score (nSPS) is 18.4. The second-order valence-corrected chi connectivity index (χ2v) is 6.32. The van der Waals surface area contributed by atoms with Crippen LogP contribution in [0.15, 0.2) is 47.6 Å². The van der Waals surface area contributed by atoms with E-state index in [1.807, 2.05) is 30.3 Å². The number of carbonyl (C=O) groups is 2. The van der Waals surface area contributed by atoms with E-state index in [0.29, 0.717) is 6.54 Å². The number of non-ortho nitro benzene ring substituents is 1. The molecule has 0 radical (unpaired) electrons. The molecule has 2 aromatic rings. The minimum atomic E-state index is -0.970. The molecule has 3 N–H and O–H groups in total. The maximum absolute atomic E-state index is 12.5. The number of nitrogens with one attached hydrogen (secondary N) is 2. The molecule has 3 rings (SSSR count). The van der Waals surface area contributed by atoms with E-state index in [1.54, 1.807) is 0 Å². The summed E-state index contributed by atoms with van der Waals surface area (Å²) in [6, 6.07) is 11.3. The van der Waals surface area contributed by atoms with Gasteiger partial charge in [0.25, 0.3) is 11.6 Å². The summed E-state index contributed by atoms with van der Waals surface area (Å²) < 4.78 is 4.91. The van der Waals surface area contributed by atoms with Gasteiger partial charge in [-0.3, -0.25) is 19.7 Å². The molecule has 0 spiro atoms. The van der Waals surface area contributed by atoms with Crippen LogP contribution in [-0.2, 0) is 9.59 Å². The highest BCUT2D eigenvalue weighted by atomic mass is 16.6. The van der Waals surface area contributed by atoms with Gasteiger partial charge >= 0.3 is 0 Å². The van der Waals surface area contributed by atoms with Crippen LogP contribution in [0.25, 0.3) is 0 Å². The van der Waals surface area contributed by atoms with Crippen molar-refractivity contribution in [2.24, 2.45) is 11.0 Å². The minimum Gasteiger partial charge on any atom is -0.504 e. The lowest BCUT2D eigenvalue weighted by Gasteiger charge is -2.15. The number of phenolic OH excluding ortho intramolecular Hbond substituents is 1. The number of aromatic hydroxyl groups is 1. The lowest BCUT2D eigenvalue weighted by atomic mass is 9.88. The standard InChI is InChI=1S/C19H18N4O6/c1-29-15-8-13(23(27)28)7-12(17(15)24)9-21-22-19(26)16-14(10-20-18(16)25)11-5-3-2-4-6-11/h2-9,14,16,24H,10H2,1H3,(H,20,25)(H,22,26)/t14-,16-/m0/s1. The Morgan fingerprint density at radius 3 is 2.76 bits per heavy atom. The minimum absolute atomic E-state index is 0.0215. The molecule has 10 nitrogen and oxygen atoms in total. The van der Waals surface area contributed by atoms with Crippen molar-refractivity contribution in [3.63, 3.8) is 0 Å². The average Bonchev–Trinajstić information content (AvgIpc) is 3.11. The fraction of sp³-hybridized carbons (Fsp3) is 0.211. The zero-order chi connectivity index (χ0) is 21.0. The van der Waals surface area contributed by atoms with Gasteiger partial charge in [-0.05, 0) is 5.56 Å². The summed E-state index contributed by atoms with van der Waals surface area (Å²) >= 11 is 0. The van der Waals surface area contributed by atoms with Crippen molar-refractivity contribution in [2.75, 3.05) is 13.7 Å². The Morgan fingerprint density at radius 2 is 2.10 bits per heavy atom. The van der Waals surface area contributed by atoms with E-state index in [9.17, 15) is 24.8 Å². The molecule has 0 unspecified atom stereocenters. The Bertz CT molecular complexity index is 976. The van der Waals surface area contributed by atoms with E-state index in [1.165, 1.54) is 7.11 Å². The third-order valence-electron chi connectivity index (χ3n) is 4.59. The predicted molar refractivity (Wildman–Crippen MR) is 103 cm³/mol. The molecule has 0 aliphatic carbocycles. The molecule has 1 fully saturated rings. The van der Waals surface area contributed by atoms with E-state index in [-0.39, 0.29) is 28.7 Å². The van der Waals surface area contributed by atoms with Crippen LogP contribution in [0.2, 0.25) is 0 Å². The molecule has 10 heteroatoms. The summed E-state index contributed by atoms with van der Waals surface area (Å²) in [4.78, 5) is 35.0. The van der Waals surface area contributed by atoms with Gasteiger partial charge in [0, 0.05) is 24.1 Å². The summed E-state index contributed by atoms with van der Waals surface area (Å²) in [6.45, 7) is 0.327. The van der Waals surface area contributed by atoms with Gasteiger partial charge in [-0.15, -0.1) is 0 Å². The van der Waals surface area contributed by atoms with Gasteiger partial charge in [0.15, 0.2) is 11.5 Å². The number of hydrogen-bond acceptors (Lipinski definition) is 7. The highest BCUT2D eigenvalue weighted by Crippen LogP contribution is 2.33.